The van der Waals surface area contributed by atoms with E-state index in [0.29, 0.717) is 51.6 Å². The van der Waals surface area contributed by atoms with Crippen molar-refractivity contribution >= 4 is 39.9 Å². The number of amides is 1. The Kier molecular flexibility index (Phi) is 9.41. The van der Waals surface area contributed by atoms with Crippen LogP contribution in [0.4, 0.5) is 20.3 Å². The first-order valence-corrected chi connectivity index (χ1v) is 18.5. The van der Waals surface area contributed by atoms with Crippen LogP contribution >= 0.6 is 11.8 Å². The number of rotatable bonds is 9. The fourth-order valence-corrected chi connectivity index (χ4v) is 9.30. The van der Waals surface area contributed by atoms with Crippen LogP contribution < -0.4 is 14.5 Å². The van der Waals surface area contributed by atoms with Gasteiger partial charge >= 0.3 is 6.01 Å². The standard InChI is InChI=1S/C38H45F2N7O2S/c1-5-33(48)47-21-20-46(22-28(47)14-18-41)35-29-15-19-45(31-11-7-10-26-9-6-8-25(2)34(26)31)23-30(29)42-36(43-35)49-24-32-37(3,50-32)44(4)27-12-16-38(39,40)17-13-27/h5-11,27-28,32H,1,12-17,19-24H2,2-4H3/t28-,32?,37-/m0/s1. The van der Waals surface area contributed by atoms with Crippen LogP contribution in [0.3, 0.4) is 0 Å². The average molecular weight is 702 g/mol. The first-order valence-electron chi connectivity index (χ1n) is 17.6. The van der Waals surface area contributed by atoms with Gasteiger partial charge in [-0.3, -0.25) is 9.69 Å². The molecule has 4 heterocycles. The molecule has 0 spiro atoms. The molecule has 12 heteroatoms. The number of alkyl halides is 2. The Bertz CT molecular complexity index is 1820. The van der Waals surface area contributed by atoms with Crippen molar-refractivity contribution in [2.75, 3.05) is 49.6 Å². The van der Waals surface area contributed by atoms with E-state index in [1.807, 2.05) is 7.05 Å². The Morgan fingerprint density at radius 1 is 1.16 bits per heavy atom. The van der Waals surface area contributed by atoms with Gasteiger partial charge in [0.15, 0.2) is 0 Å². The lowest BCUT2D eigenvalue weighted by molar-refractivity contribution is -0.128. The van der Waals surface area contributed by atoms with E-state index in [4.69, 9.17) is 14.7 Å². The summed E-state index contributed by atoms with van der Waals surface area (Å²) < 4.78 is 34.1. The highest BCUT2D eigenvalue weighted by molar-refractivity contribution is 8.08. The van der Waals surface area contributed by atoms with Crippen molar-refractivity contribution in [3.63, 3.8) is 0 Å². The number of halogens is 2. The maximum absolute atomic E-state index is 13.9. The Labute approximate surface area is 297 Å². The molecule has 3 atom stereocenters. The van der Waals surface area contributed by atoms with E-state index in [9.17, 15) is 18.8 Å². The summed E-state index contributed by atoms with van der Waals surface area (Å²) in [6, 6.07) is 15.2. The number of aryl methyl sites for hydroxylation is 1. The molecule has 3 aromatic rings. The molecule has 1 aliphatic carbocycles. The number of anilines is 2. The van der Waals surface area contributed by atoms with Gasteiger partial charge in [-0.25, -0.2) is 8.78 Å². The molecule has 1 saturated carbocycles. The number of fused-ring (bicyclic) bond motifs is 2. The largest absolute Gasteiger partial charge is 0.462 e. The summed E-state index contributed by atoms with van der Waals surface area (Å²) in [7, 11) is 2.05. The first kappa shape index (κ1) is 34.5. The van der Waals surface area contributed by atoms with E-state index in [-0.39, 0.29) is 47.4 Å². The fourth-order valence-electron chi connectivity index (χ4n) is 8.10. The third-order valence-electron chi connectivity index (χ3n) is 11.2. The lowest BCUT2D eigenvalue weighted by Gasteiger charge is -2.42. The number of piperazine rings is 1. The molecule has 4 aliphatic rings. The highest BCUT2D eigenvalue weighted by atomic mass is 32.2. The van der Waals surface area contributed by atoms with Gasteiger partial charge in [-0.05, 0) is 63.2 Å². The number of nitriles is 1. The van der Waals surface area contributed by atoms with Gasteiger partial charge in [0, 0.05) is 61.7 Å². The minimum absolute atomic E-state index is 0.0593. The third-order valence-corrected chi connectivity index (χ3v) is 12.9. The van der Waals surface area contributed by atoms with Gasteiger partial charge in [0.2, 0.25) is 11.8 Å². The number of nitrogens with zero attached hydrogens (tertiary/aromatic N) is 7. The Balaban J connectivity index is 1.15. The fraction of sp³-hybridized carbons (Fsp3) is 0.526. The SMILES string of the molecule is C=CC(=O)N1CCN(c2nc(OCC3S[C@]3(C)N(C)C3CCC(F)(F)CC3)nc3c2CCN(c2cccc4cccc(C)c24)C3)C[C@@H]1CC#N. The van der Waals surface area contributed by atoms with E-state index in [1.165, 1.54) is 28.1 Å². The molecular weight excluding hydrogens is 657 g/mol. The van der Waals surface area contributed by atoms with E-state index in [1.54, 1.807) is 16.7 Å². The summed E-state index contributed by atoms with van der Waals surface area (Å²) in [6.45, 7) is 11.3. The molecule has 50 heavy (non-hydrogen) atoms. The van der Waals surface area contributed by atoms with Gasteiger partial charge in [0.05, 0.1) is 40.9 Å². The molecule has 0 radical (unpaired) electrons. The molecule has 0 bridgehead atoms. The number of carbonyl (C=O) groups excluding carboxylic acids is 1. The third kappa shape index (κ3) is 6.62. The Morgan fingerprint density at radius 3 is 2.66 bits per heavy atom. The van der Waals surface area contributed by atoms with Gasteiger partial charge < -0.3 is 19.4 Å². The highest BCUT2D eigenvalue weighted by Crippen LogP contribution is 2.56. The number of ether oxygens (including phenoxy) is 1. The smallest absolute Gasteiger partial charge is 0.318 e. The molecule has 7 rings (SSSR count). The van der Waals surface area contributed by atoms with Gasteiger partial charge in [-0.15, -0.1) is 11.8 Å². The van der Waals surface area contributed by atoms with E-state index in [2.05, 4.69) is 77.6 Å². The van der Waals surface area contributed by atoms with Crippen molar-refractivity contribution in [2.24, 2.45) is 0 Å². The summed E-state index contributed by atoms with van der Waals surface area (Å²) >= 11 is 1.79. The van der Waals surface area contributed by atoms with Crippen LogP contribution in [-0.2, 0) is 17.8 Å². The molecular formula is C38H45F2N7O2S. The topological polar surface area (TPSA) is 88.8 Å². The number of benzene rings is 2. The van der Waals surface area contributed by atoms with Crippen molar-refractivity contribution in [1.29, 1.82) is 5.26 Å². The number of hydrogen-bond donors (Lipinski definition) is 0. The van der Waals surface area contributed by atoms with Crippen LogP contribution in [0.15, 0.2) is 49.1 Å². The zero-order valence-corrected chi connectivity index (χ0v) is 29.9. The minimum atomic E-state index is -2.55. The number of thioether (sulfide) groups is 1. The molecule has 1 aromatic heterocycles. The van der Waals surface area contributed by atoms with E-state index < -0.39 is 5.92 Å². The number of hydrogen-bond acceptors (Lipinski definition) is 9. The lowest BCUT2D eigenvalue weighted by atomic mass is 9.90. The minimum Gasteiger partial charge on any atom is -0.462 e. The maximum atomic E-state index is 13.9. The van der Waals surface area contributed by atoms with Crippen molar-refractivity contribution in [3.8, 4) is 12.1 Å². The monoisotopic (exact) mass is 701 g/mol. The Morgan fingerprint density at radius 2 is 1.92 bits per heavy atom. The van der Waals surface area contributed by atoms with Crippen LogP contribution in [0.2, 0.25) is 0 Å². The van der Waals surface area contributed by atoms with Crippen LogP contribution in [0.5, 0.6) is 6.01 Å². The zero-order valence-electron chi connectivity index (χ0n) is 29.1. The molecule has 1 amide bonds. The van der Waals surface area contributed by atoms with Crippen molar-refractivity contribution in [3.05, 3.63) is 65.9 Å². The molecule has 2 aromatic carbocycles. The Hall–Kier alpha value is -3.95. The van der Waals surface area contributed by atoms with Gasteiger partial charge in [0.25, 0.3) is 0 Å². The molecule has 0 N–H and O–H groups in total. The van der Waals surface area contributed by atoms with Crippen LogP contribution in [-0.4, -0.2) is 93.6 Å². The van der Waals surface area contributed by atoms with Crippen LogP contribution in [0, 0.1) is 18.3 Å². The summed E-state index contributed by atoms with van der Waals surface area (Å²) in [5.74, 6) is -1.92. The first-order chi connectivity index (χ1) is 24.0. The summed E-state index contributed by atoms with van der Waals surface area (Å²) in [5, 5.41) is 12.2. The number of carbonyl (C=O) groups is 1. The summed E-state index contributed by atoms with van der Waals surface area (Å²) in [4.78, 5) is 31.0. The predicted molar refractivity (Wildman–Crippen MR) is 194 cm³/mol. The second kappa shape index (κ2) is 13.6. The predicted octanol–water partition coefficient (Wildman–Crippen LogP) is 6.34. The zero-order chi connectivity index (χ0) is 35.2. The molecule has 3 aliphatic heterocycles. The van der Waals surface area contributed by atoms with Gasteiger partial charge in [-0.1, -0.05) is 36.9 Å². The molecule has 1 unspecified atom stereocenters. The van der Waals surface area contributed by atoms with Crippen molar-refractivity contribution in [1.82, 2.24) is 19.8 Å². The van der Waals surface area contributed by atoms with Crippen molar-refractivity contribution < 1.29 is 18.3 Å². The quantitative estimate of drug-likeness (QED) is 0.188. The second-order valence-electron chi connectivity index (χ2n) is 14.2. The molecule has 9 nitrogen and oxygen atoms in total. The van der Waals surface area contributed by atoms with Crippen LogP contribution in [0.25, 0.3) is 10.8 Å². The van der Waals surface area contributed by atoms with Crippen molar-refractivity contribution in [2.45, 2.75) is 87.0 Å². The highest BCUT2D eigenvalue weighted by Gasteiger charge is 2.57. The lowest BCUT2D eigenvalue weighted by Crippen LogP contribution is -2.55. The molecule has 3 fully saturated rings. The second-order valence-corrected chi connectivity index (χ2v) is 15.9. The summed E-state index contributed by atoms with van der Waals surface area (Å²) in [6.07, 6.45) is 3.14. The summed E-state index contributed by atoms with van der Waals surface area (Å²) in [5.41, 5.74) is 4.39. The maximum Gasteiger partial charge on any atom is 0.318 e. The average Bonchev–Trinajstić information content (AvgIpc) is 3.80. The van der Waals surface area contributed by atoms with E-state index in [0.717, 1.165) is 30.0 Å². The normalized spacial score (nSPS) is 24.9. The molecule has 264 valence electrons. The number of aromatic nitrogens is 2. The van der Waals surface area contributed by atoms with Gasteiger partial charge in [0.1, 0.15) is 12.4 Å². The molecule has 2 saturated heterocycles. The van der Waals surface area contributed by atoms with Crippen LogP contribution in [0.1, 0.15) is 55.8 Å². The van der Waals surface area contributed by atoms with E-state index >= 15 is 0 Å². The van der Waals surface area contributed by atoms with Gasteiger partial charge in [-0.2, -0.15) is 15.2 Å².